The third-order valence-corrected chi connectivity index (χ3v) is 6.06. The fourth-order valence-electron chi connectivity index (χ4n) is 3.61. The molecule has 2 heterocycles. The second-order valence-electron chi connectivity index (χ2n) is 7.48. The Bertz CT molecular complexity index is 1210. The van der Waals surface area contributed by atoms with Crippen molar-refractivity contribution in [1.29, 1.82) is 0 Å². The molecule has 1 aliphatic heterocycles. The zero-order valence-corrected chi connectivity index (χ0v) is 19.4. The van der Waals surface area contributed by atoms with Crippen LogP contribution in [0.4, 0.5) is 5.69 Å². The largest absolute Gasteiger partial charge is 0.496 e. The van der Waals surface area contributed by atoms with E-state index in [2.05, 4.69) is 15.6 Å². The molecule has 0 fully saturated rings. The van der Waals surface area contributed by atoms with E-state index >= 15 is 0 Å². The van der Waals surface area contributed by atoms with Crippen molar-refractivity contribution in [3.63, 3.8) is 0 Å². The molecule has 32 heavy (non-hydrogen) atoms. The number of methoxy groups -OCH3 is 1. The molecule has 9 heteroatoms. The molecular formula is C23H22Cl2N4O3. The molecule has 2 aromatic carbocycles. The van der Waals surface area contributed by atoms with Gasteiger partial charge in [0, 0.05) is 12.0 Å². The molecule has 1 atom stereocenters. The van der Waals surface area contributed by atoms with E-state index in [9.17, 15) is 4.79 Å². The third kappa shape index (κ3) is 4.45. The molecule has 0 aliphatic carbocycles. The number of aromatic nitrogens is 2. The summed E-state index contributed by atoms with van der Waals surface area (Å²) in [7, 11) is 1.60. The molecule has 0 radical (unpaired) electrons. The maximum absolute atomic E-state index is 12.9. The molecule has 0 spiro atoms. The first-order chi connectivity index (χ1) is 15.4. The summed E-state index contributed by atoms with van der Waals surface area (Å²) < 4.78 is 7.20. The van der Waals surface area contributed by atoms with E-state index in [0.29, 0.717) is 45.9 Å². The van der Waals surface area contributed by atoms with E-state index in [0.717, 1.165) is 16.8 Å². The molecular weight excluding hydrogens is 451 g/mol. The van der Waals surface area contributed by atoms with Crippen molar-refractivity contribution in [2.24, 2.45) is 5.16 Å². The third-order valence-electron chi connectivity index (χ3n) is 5.33. The van der Waals surface area contributed by atoms with Gasteiger partial charge in [0.1, 0.15) is 5.75 Å². The van der Waals surface area contributed by atoms with Crippen molar-refractivity contribution in [3.05, 3.63) is 75.0 Å². The van der Waals surface area contributed by atoms with Crippen molar-refractivity contribution >= 4 is 40.5 Å². The Kier molecular flexibility index (Phi) is 6.39. The van der Waals surface area contributed by atoms with Gasteiger partial charge in [-0.25, -0.2) is 0 Å². The van der Waals surface area contributed by atoms with Crippen molar-refractivity contribution in [2.75, 3.05) is 12.4 Å². The standard InChI is InChI=1S/C23H22Cl2N4O3/c1-13-22(14(2)29(27-13)12-15-8-9-17(24)18(25)10-15)26-23(30)21-11-19(28-32-21)16-6-4-5-7-20(16)31-3/h4-10,21H,11-12H2,1-3H3,(H,26,30). The van der Waals surface area contributed by atoms with Crippen LogP contribution in [0.15, 0.2) is 47.6 Å². The lowest BCUT2D eigenvalue weighted by Gasteiger charge is -2.11. The Balaban J connectivity index is 1.45. The highest BCUT2D eigenvalue weighted by Crippen LogP contribution is 2.27. The van der Waals surface area contributed by atoms with Crippen LogP contribution in [0.5, 0.6) is 5.75 Å². The highest BCUT2D eigenvalue weighted by Gasteiger charge is 2.31. The average Bonchev–Trinajstić information content (AvgIpc) is 3.37. The number of carbonyl (C=O) groups excluding carboxylic acids is 1. The van der Waals surface area contributed by atoms with Gasteiger partial charge in [0.05, 0.1) is 46.5 Å². The number of halogens is 2. The monoisotopic (exact) mass is 472 g/mol. The van der Waals surface area contributed by atoms with Crippen LogP contribution in [0, 0.1) is 13.8 Å². The Morgan fingerprint density at radius 2 is 2.00 bits per heavy atom. The van der Waals surface area contributed by atoms with Crippen LogP contribution in [0.1, 0.15) is 28.9 Å². The van der Waals surface area contributed by atoms with Gasteiger partial charge in [-0.15, -0.1) is 0 Å². The summed E-state index contributed by atoms with van der Waals surface area (Å²) in [6.07, 6.45) is -0.381. The summed E-state index contributed by atoms with van der Waals surface area (Å²) in [5.74, 6) is 0.408. The van der Waals surface area contributed by atoms with Crippen LogP contribution >= 0.6 is 23.2 Å². The summed E-state index contributed by atoms with van der Waals surface area (Å²) >= 11 is 12.1. The summed E-state index contributed by atoms with van der Waals surface area (Å²) in [4.78, 5) is 18.3. The Labute approximate surface area is 195 Å². The van der Waals surface area contributed by atoms with E-state index in [4.69, 9.17) is 32.8 Å². The number of amides is 1. The zero-order chi connectivity index (χ0) is 22.8. The van der Waals surface area contributed by atoms with Gasteiger partial charge in [-0.05, 0) is 43.7 Å². The van der Waals surface area contributed by atoms with Gasteiger partial charge in [-0.3, -0.25) is 9.48 Å². The van der Waals surface area contributed by atoms with E-state index in [1.165, 1.54) is 0 Å². The van der Waals surface area contributed by atoms with E-state index in [-0.39, 0.29) is 5.91 Å². The molecule has 0 bridgehead atoms. The zero-order valence-electron chi connectivity index (χ0n) is 17.9. The highest BCUT2D eigenvalue weighted by atomic mass is 35.5. The second kappa shape index (κ2) is 9.22. The van der Waals surface area contributed by atoms with Gasteiger partial charge >= 0.3 is 0 Å². The van der Waals surface area contributed by atoms with Crippen LogP contribution in [-0.4, -0.2) is 34.6 Å². The first-order valence-electron chi connectivity index (χ1n) is 10.0. The van der Waals surface area contributed by atoms with Gasteiger partial charge in [0.2, 0.25) is 6.10 Å². The quantitative estimate of drug-likeness (QED) is 0.547. The maximum Gasteiger partial charge on any atom is 0.268 e. The SMILES string of the molecule is COc1ccccc1C1=NOC(C(=O)Nc2c(C)nn(Cc3ccc(Cl)c(Cl)c3)c2C)C1. The van der Waals surface area contributed by atoms with Crippen molar-refractivity contribution in [1.82, 2.24) is 9.78 Å². The first-order valence-corrected chi connectivity index (χ1v) is 10.8. The molecule has 4 rings (SSSR count). The van der Waals surface area contributed by atoms with E-state index in [1.54, 1.807) is 13.2 Å². The predicted molar refractivity (Wildman–Crippen MR) is 125 cm³/mol. The number of hydrogen-bond donors (Lipinski definition) is 1. The van der Waals surface area contributed by atoms with Crippen LogP contribution in [-0.2, 0) is 16.2 Å². The molecule has 0 saturated carbocycles. The topological polar surface area (TPSA) is 77.7 Å². The number of nitrogens with one attached hydrogen (secondary N) is 1. The lowest BCUT2D eigenvalue weighted by molar-refractivity contribution is -0.125. The van der Waals surface area contributed by atoms with Gasteiger partial charge in [-0.1, -0.05) is 46.6 Å². The van der Waals surface area contributed by atoms with Crippen LogP contribution in [0.25, 0.3) is 0 Å². The van der Waals surface area contributed by atoms with Crippen LogP contribution in [0.3, 0.4) is 0 Å². The predicted octanol–water partition coefficient (Wildman–Crippen LogP) is 5.00. The van der Waals surface area contributed by atoms with Crippen molar-refractivity contribution in [3.8, 4) is 5.75 Å². The number of anilines is 1. The molecule has 1 amide bonds. The smallest absolute Gasteiger partial charge is 0.268 e. The number of rotatable bonds is 6. The second-order valence-corrected chi connectivity index (χ2v) is 8.29. The van der Waals surface area contributed by atoms with Crippen molar-refractivity contribution < 1.29 is 14.4 Å². The van der Waals surface area contributed by atoms with Gasteiger partial charge in [0.25, 0.3) is 5.91 Å². The van der Waals surface area contributed by atoms with Gasteiger partial charge in [-0.2, -0.15) is 5.10 Å². The summed E-state index contributed by atoms with van der Waals surface area (Å²) in [6, 6.07) is 13.0. The fraction of sp³-hybridized carbons (Fsp3) is 0.261. The van der Waals surface area contributed by atoms with Gasteiger partial charge < -0.3 is 14.9 Å². The molecule has 3 aromatic rings. The molecule has 1 aromatic heterocycles. The Morgan fingerprint density at radius 3 is 2.75 bits per heavy atom. The minimum absolute atomic E-state index is 0.279. The first kappa shape index (κ1) is 22.2. The number of oxime groups is 1. The molecule has 1 N–H and O–H groups in total. The minimum Gasteiger partial charge on any atom is -0.496 e. The number of benzene rings is 2. The summed E-state index contributed by atoms with van der Waals surface area (Å²) in [6.45, 7) is 4.25. The summed E-state index contributed by atoms with van der Waals surface area (Å²) in [5, 5.41) is 12.6. The van der Waals surface area contributed by atoms with Gasteiger partial charge in [0.15, 0.2) is 0 Å². The van der Waals surface area contributed by atoms with Crippen LogP contribution < -0.4 is 10.1 Å². The normalized spacial score (nSPS) is 15.3. The maximum atomic E-state index is 12.9. The highest BCUT2D eigenvalue weighted by molar-refractivity contribution is 6.42. The van der Waals surface area contributed by atoms with E-state index in [1.807, 2.05) is 54.9 Å². The lowest BCUT2D eigenvalue weighted by atomic mass is 10.0. The number of carbonyl (C=O) groups is 1. The van der Waals surface area contributed by atoms with Crippen molar-refractivity contribution in [2.45, 2.75) is 32.9 Å². The molecule has 166 valence electrons. The molecule has 1 unspecified atom stereocenters. The Morgan fingerprint density at radius 1 is 1.22 bits per heavy atom. The number of nitrogens with zero attached hydrogens (tertiary/aromatic N) is 3. The lowest BCUT2D eigenvalue weighted by Crippen LogP contribution is -2.28. The van der Waals surface area contributed by atoms with E-state index < -0.39 is 6.10 Å². The Hall–Kier alpha value is -3.03. The number of ether oxygens (including phenoxy) is 1. The number of para-hydroxylation sites is 1. The minimum atomic E-state index is -0.730. The summed E-state index contributed by atoms with van der Waals surface area (Å²) in [5.41, 5.74) is 4.63. The molecule has 1 aliphatic rings. The number of hydrogen-bond acceptors (Lipinski definition) is 5. The fourth-order valence-corrected chi connectivity index (χ4v) is 3.93. The average molecular weight is 473 g/mol. The molecule has 0 saturated heterocycles. The molecule has 7 nitrogen and oxygen atoms in total. The van der Waals surface area contributed by atoms with Crippen LogP contribution in [0.2, 0.25) is 10.0 Å². The number of aryl methyl sites for hydroxylation is 1.